The molecule has 0 aromatic carbocycles. The number of alkyl halides is 3. The van der Waals surface area contributed by atoms with Crippen LogP contribution in [0.15, 0.2) is 31.0 Å². The number of carbonyl (C=O) groups excluding carboxylic acids is 1. The van der Waals surface area contributed by atoms with Crippen LogP contribution in [0.4, 0.5) is 13.2 Å². The average Bonchev–Trinajstić information content (AvgIpc) is 3.67. The first-order valence-corrected chi connectivity index (χ1v) is 14.3. The van der Waals surface area contributed by atoms with Crippen molar-refractivity contribution < 1.29 is 27.4 Å². The normalized spacial score (nSPS) is 30.3. The number of halogens is 3. The molecule has 2 saturated heterocycles. The van der Waals surface area contributed by atoms with Crippen LogP contribution >= 0.6 is 12.2 Å². The van der Waals surface area contributed by atoms with Crippen LogP contribution in [0.1, 0.15) is 42.5 Å². The van der Waals surface area contributed by atoms with E-state index in [0.29, 0.717) is 60.9 Å². The van der Waals surface area contributed by atoms with E-state index >= 15 is 0 Å². The molecule has 0 spiro atoms. The molecule has 1 saturated carbocycles. The first-order chi connectivity index (χ1) is 19.2. The molecule has 2 unspecified atom stereocenters. The zero-order valence-electron chi connectivity index (χ0n) is 22.5. The monoisotopic (exact) mass is 577 g/mol. The summed E-state index contributed by atoms with van der Waals surface area (Å²) in [6.07, 6.45) is 5.61. The van der Waals surface area contributed by atoms with Gasteiger partial charge < -0.3 is 19.3 Å². The Morgan fingerprint density at radius 2 is 2.17 bits per heavy atom. The summed E-state index contributed by atoms with van der Waals surface area (Å²) in [4.78, 5) is 26.5. The first-order valence-electron chi connectivity index (χ1n) is 13.9. The summed E-state index contributed by atoms with van der Waals surface area (Å²) in [7, 11) is 1.73. The lowest BCUT2D eigenvalue weighted by atomic mass is 9.78. The molecule has 0 radical (unpaired) electrons. The number of thiocarbonyl (C=S) groups is 1. The van der Waals surface area contributed by atoms with Crippen molar-refractivity contribution >= 4 is 23.2 Å². The molecule has 5 heterocycles. The van der Waals surface area contributed by atoms with Gasteiger partial charge in [-0.15, -0.1) is 0 Å². The van der Waals surface area contributed by atoms with Crippen LogP contribution in [0.2, 0.25) is 0 Å². The van der Waals surface area contributed by atoms with E-state index in [1.54, 1.807) is 35.3 Å². The molecule has 12 heteroatoms. The number of methoxy groups -OCH3 is 1. The van der Waals surface area contributed by atoms with Crippen molar-refractivity contribution in [1.29, 1.82) is 0 Å². The van der Waals surface area contributed by atoms with Gasteiger partial charge in [0.15, 0.2) is 5.11 Å². The highest BCUT2D eigenvalue weighted by Gasteiger charge is 2.59. The van der Waals surface area contributed by atoms with Crippen LogP contribution in [-0.4, -0.2) is 81.4 Å². The number of nitrogens with zero attached hydrogens (tertiary/aromatic N) is 5. The summed E-state index contributed by atoms with van der Waals surface area (Å²) in [6.45, 7) is 3.07. The van der Waals surface area contributed by atoms with E-state index in [9.17, 15) is 18.0 Å². The fourth-order valence-corrected chi connectivity index (χ4v) is 7.73. The van der Waals surface area contributed by atoms with Crippen LogP contribution in [0.3, 0.4) is 0 Å². The quantitative estimate of drug-likeness (QED) is 0.513. The Bertz CT molecular complexity index is 1260. The van der Waals surface area contributed by atoms with Crippen molar-refractivity contribution in [2.75, 3.05) is 40.0 Å². The number of imidazole rings is 1. The molecule has 1 aliphatic carbocycles. The van der Waals surface area contributed by atoms with Gasteiger partial charge in [-0.2, -0.15) is 13.2 Å². The highest BCUT2D eigenvalue weighted by Crippen LogP contribution is 2.54. The summed E-state index contributed by atoms with van der Waals surface area (Å²) < 4.78 is 53.3. The van der Waals surface area contributed by atoms with Gasteiger partial charge in [-0.3, -0.25) is 14.3 Å². The van der Waals surface area contributed by atoms with Crippen LogP contribution < -0.4 is 0 Å². The molecule has 3 aliphatic heterocycles. The van der Waals surface area contributed by atoms with E-state index in [2.05, 4.69) is 14.9 Å². The summed E-state index contributed by atoms with van der Waals surface area (Å²) in [5.41, 5.74) is -0.310. The number of fused-ring (bicyclic) bond motifs is 2. The van der Waals surface area contributed by atoms with Crippen LogP contribution in [-0.2, 0) is 33.4 Å². The maximum Gasteiger partial charge on any atom is 0.417 e. The van der Waals surface area contributed by atoms with Gasteiger partial charge in [0.25, 0.3) is 0 Å². The Morgan fingerprint density at radius 1 is 1.32 bits per heavy atom. The molecule has 8 nitrogen and oxygen atoms in total. The number of rotatable bonds is 4. The van der Waals surface area contributed by atoms with Crippen LogP contribution in [0.5, 0.6) is 0 Å². The Hall–Kier alpha value is -2.57. The van der Waals surface area contributed by atoms with Crippen molar-refractivity contribution in [3.8, 4) is 0 Å². The number of likely N-dealkylation sites (tertiary alicyclic amines) is 1. The number of ether oxygens (including phenoxy) is 2. The molecular formula is C28H34F3N5O3S. The van der Waals surface area contributed by atoms with Crippen molar-refractivity contribution in [1.82, 2.24) is 24.3 Å². The number of aromatic nitrogens is 3. The molecule has 2 aromatic rings. The summed E-state index contributed by atoms with van der Waals surface area (Å²) in [5.74, 6) is 0.864. The summed E-state index contributed by atoms with van der Waals surface area (Å²) in [6, 6.07) is 1.15. The van der Waals surface area contributed by atoms with Crippen molar-refractivity contribution in [2.45, 2.75) is 50.9 Å². The molecule has 216 valence electrons. The number of hydrogen-bond donors (Lipinski definition) is 0. The Kier molecular flexibility index (Phi) is 7.37. The lowest BCUT2D eigenvalue weighted by Gasteiger charge is -2.37. The van der Waals surface area contributed by atoms with Crippen molar-refractivity contribution in [3.63, 3.8) is 0 Å². The molecule has 6 rings (SSSR count). The maximum absolute atomic E-state index is 14.5. The average molecular weight is 578 g/mol. The third kappa shape index (κ3) is 5.02. The van der Waals surface area contributed by atoms with Gasteiger partial charge in [0, 0.05) is 70.6 Å². The molecular weight excluding hydrogens is 543 g/mol. The number of carbonyl (C=O) groups is 1. The lowest BCUT2D eigenvalue weighted by molar-refractivity contribution is -0.144. The third-order valence-electron chi connectivity index (χ3n) is 9.42. The maximum atomic E-state index is 14.5. The van der Waals surface area contributed by atoms with Crippen molar-refractivity contribution in [2.24, 2.45) is 23.2 Å². The van der Waals surface area contributed by atoms with Gasteiger partial charge in [0.2, 0.25) is 5.91 Å². The van der Waals surface area contributed by atoms with E-state index in [1.165, 1.54) is 0 Å². The second kappa shape index (κ2) is 10.7. The molecule has 4 aliphatic rings. The lowest BCUT2D eigenvalue weighted by Crippen LogP contribution is -2.49. The smallest absolute Gasteiger partial charge is 0.379 e. The van der Waals surface area contributed by atoms with Crippen LogP contribution in [0, 0.1) is 23.2 Å². The van der Waals surface area contributed by atoms with Gasteiger partial charge >= 0.3 is 6.18 Å². The second-order valence-corrected chi connectivity index (χ2v) is 12.1. The summed E-state index contributed by atoms with van der Waals surface area (Å²) >= 11 is 5.78. The van der Waals surface area contributed by atoms with Crippen LogP contribution in [0.25, 0.3) is 0 Å². The molecule has 2 aromatic heterocycles. The van der Waals surface area contributed by atoms with E-state index in [0.717, 1.165) is 44.6 Å². The predicted octanol–water partition coefficient (Wildman–Crippen LogP) is 3.78. The van der Waals surface area contributed by atoms with E-state index in [1.807, 2.05) is 0 Å². The van der Waals surface area contributed by atoms with E-state index in [-0.39, 0.29) is 24.5 Å². The Balaban J connectivity index is 1.25. The second-order valence-electron chi connectivity index (χ2n) is 11.7. The topological polar surface area (TPSA) is 72.7 Å². The molecule has 3 fully saturated rings. The van der Waals surface area contributed by atoms with Gasteiger partial charge in [-0.25, -0.2) is 4.98 Å². The Labute approximate surface area is 236 Å². The Morgan fingerprint density at radius 3 is 2.92 bits per heavy atom. The molecule has 40 heavy (non-hydrogen) atoms. The number of amides is 1. The zero-order chi connectivity index (χ0) is 28.1. The van der Waals surface area contributed by atoms with Gasteiger partial charge in [-0.05, 0) is 67.3 Å². The molecule has 0 N–H and O–H groups in total. The first kappa shape index (κ1) is 27.6. The van der Waals surface area contributed by atoms with Gasteiger partial charge in [-0.1, -0.05) is 0 Å². The fourth-order valence-electron chi connectivity index (χ4n) is 7.48. The van der Waals surface area contributed by atoms with E-state index < -0.39 is 17.2 Å². The summed E-state index contributed by atoms with van der Waals surface area (Å²) in [5, 5.41) is 0.613. The van der Waals surface area contributed by atoms with Crippen molar-refractivity contribution in [3.05, 3.63) is 47.8 Å². The highest BCUT2D eigenvalue weighted by atomic mass is 32.1. The molecule has 0 bridgehead atoms. The molecule has 1 amide bonds. The van der Waals surface area contributed by atoms with Gasteiger partial charge in [0.05, 0.1) is 23.7 Å². The number of hydrogen-bond acceptors (Lipinski definition) is 6. The minimum atomic E-state index is -4.48. The largest absolute Gasteiger partial charge is 0.417 e. The predicted molar refractivity (Wildman–Crippen MR) is 143 cm³/mol. The zero-order valence-corrected chi connectivity index (χ0v) is 23.3. The highest BCUT2D eigenvalue weighted by molar-refractivity contribution is 7.80. The fraction of sp³-hybridized carbons (Fsp3) is 0.643. The van der Waals surface area contributed by atoms with E-state index in [4.69, 9.17) is 21.7 Å². The molecule has 5 atom stereocenters. The standard InChI is InChI=1S/C28H34F3N5O3S/c1-38-24-15-39-7-3-19(24)8-18-9-22-14-36(26(40)35-6-4-32-17-35)16-27(22,11-18)25(37)34-5-2-23-20(13-34)10-21(12-33-23)28(29,30)31/h4,6,10,12,17-19,22,24H,2-3,5,7-9,11,13-16H2,1H3/t18-,19?,22+,24?,27+/m1/s1. The SMILES string of the molecule is COC1COCCC1C[C@@H]1C[C@H]2CN(C(=S)n3ccnc3)C[C@@]2(C(=O)N2CCc3ncc(C(F)(F)F)cc3C2)C1. The number of pyridine rings is 1. The minimum Gasteiger partial charge on any atom is -0.379 e. The van der Waals surface area contributed by atoms with Gasteiger partial charge in [0.1, 0.15) is 6.33 Å². The third-order valence-corrected chi connectivity index (χ3v) is 9.89. The minimum absolute atomic E-state index is 0.0225.